The summed E-state index contributed by atoms with van der Waals surface area (Å²) in [6.45, 7) is 0.989. The van der Waals surface area contributed by atoms with Crippen molar-refractivity contribution < 1.29 is 18.1 Å². The van der Waals surface area contributed by atoms with Gasteiger partial charge in [0.05, 0.1) is 9.82 Å². The molecule has 0 spiro atoms. The number of benzene rings is 1. The van der Waals surface area contributed by atoms with E-state index in [4.69, 9.17) is 5.73 Å². The monoisotopic (exact) mass is 418 g/mol. The van der Waals surface area contributed by atoms with E-state index in [2.05, 4.69) is 0 Å². The summed E-state index contributed by atoms with van der Waals surface area (Å²) in [5.74, 6) is -0.0183. The minimum atomic E-state index is -3.82. The number of piperazine rings is 1. The molecule has 1 aromatic carbocycles. The number of hydrogen-bond donors (Lipinski definition) is 1. The van der Waals surface area contributed by atoms with Gasteiger partial charge in [-0.25, -0.2) is 8.42 Å². The van der Waals surface area contributed by atoms with Gasteiger partial charge in [-0.2, -0.15) is 4.31 Å². The van der Waals surface area contributed by atoms with Crippen molar-refractivity contribution in [2.45, 2.75) is 30.2 Å². The van der Waals surface area contributed by atoms with Crippen LogP contribution in [0.25, 0.3) is 0 Å². The lowest BCUT2D eigenvalue weighted by Gasteiger charge is -2.35. The van der Waals surface area contributed by atoms with Gasteiger partial charge in [0, 0.05) is 50.3 Å². The standard InChI is InChI=1S/C16H22N4O5S.ClH/c17-13-5-4-12(10-13)16(21)18-6-8-19(9-7-18)26(24,25)15-3-1-2-14(11-15)20(22)23;/h1-3,11-13H,4-10,17H2;1H. The van der Waals surface area contributed by atoms with Gasteiger partial charge in [-0.3, -0.25) is 14.9 Å². The van der Waals surface area contributed by atoms with Gasteiger partial charge in [0.25, 0.3) is 5.69 Å². The average molecular weight is 419 g/mol. The van der Waals surface area contributed by atoms with Crippen molar-refractivity contribution in [2.75, 3.05) is 26.2 Å². The minimum Gasteiger partial charge on any atom is -0.340 e. The summed E-state index contributed by atoms with van der Waals surface area (Å²) in [5.41, 5.74) is 5.60. The van der Waals surface area contributed by atoms with E-state index in [1.807, 2.05) is 0 Å². The second-order valence-electron chi connectivity index (χ2n) is 6.75. The normalized spacial score (nSPS) is 23.7. The first-order chi connectivity index (χ1) is 12.3. The number of non-ortho nitro benzene ring substituents is 1. The zero-order chi connectivity index (χ0) is 18.9. The Morgan fingerprint density at radius 1 is 1.19 bits per heavy atom. The molecule has 3 rings (SSSR count). The smallest absolute Gasteiger partial charge is 0.270 e. The predicted molar refractivity (Wildman–Crippen MR) is 101 cm³/mol. The molecule has 2 N–H and O–H groups in total. The molecule has 1 saturated heterocycles. The van der Waals surface area contributed by atoms with Crippen molar-refractivity contribution in [1.29, 1.82) is 0 Å². The van der Waals surface area contributed by atoms with E-state index in [1.165, 1.54) is 22.5 Å². The Balaban J connectivity index is 0.00000261. The van der Waals surface area contributed by atoms with Crippen LogP contribution in [0.5, 0.6) is 0 Å². The van der Waals surface area contributed by atoms with Gasteiger partial charge in [-0.1, -0.05) is 6.07 Å². The lowest BCUT2D eigenvalue weighted by molar-refractivity contribution is -0.385. The fraction of sp³-hybridized carbons (Fsp3) is 0.562. The van der Waals surface area contributed by atoms with E-state index in [-0.39, 0.29) is 53.9 Å². The van der Waals surface area contributed by atoms with E-state index in [1.54, 1.807) is 4.90 Å². The number of nitrogens with zero attached hydrogens (tertiary/aromatic N) is 3. The van der Waals surface area contributed by atoms with Gasteiger partial charge in [-0.15, -0.1) is 12.4 Å². The number of carbonyl (C=O) groups excluding carboxylic acids is 1. The Morgan fingerprint density at radius 3 is 2.41 bits per heavy atom. The van der Waals surface area contributed by atoms with E-state index in [0.29, 0.717) is 19.5 Å². The van der Waals surface area contributed by atoms with Crippen LogP contribution in [0.1, 0.15) is 19.3 Å². The molecule has 2 unspecified atom stereocenters. The molecule has 2 fully saturated rings. The SMILES string of the molecule is Cl.NC1CCC(C(=O)N2CCN(S(=O)(=O)c3cccc([N+](=O)[O-])c3)CC2)C1. The highest BCUT2D eigenvalue weighted by molar-refractivity contribution is 7.89. The Labute approximate surface area is 164 Å². The number of rotatable bonds is 4. The lowest BCUT2D eigenvalue weighted by atomic mass is 10.1. The molecule has 1 amide bonds. The first-order valence-electron chi connectivity index (χ1n) is 8.58. The number of sulfonamides is 1. The Morgan fingerprint density at radius 2 is 1.85 bits per heavy atom. The molecule has 9 nitrogen and oxygen atoms in total. The van der Waals surface area contributed by atoms with Crippen LogP contribution in [0, 0.1) is 16.0 Å². The number of carbonyl (C=O) groups is 1. The van der Waals surface area contributed by atoms with Crippen molar-refractivity contribution in [3.63, 3.8) is 0 Å². The maximum absolute atomic E-state index is 12.7. The van der Waals surface area contributed by atoms with Crippen LogP contribution >= 0.6 is 12.4 Å². The maximum Gasteiger partial charge on any atom is 0.270 e. The number of nitro groups is 1. The van der Waals surface area contributed by atoms with Crippen LogP contribution in [-0.4, -0.2) is 60.7 Å². The zero-order valence-electron chi connectivity index (χ0n) is 14.7. The molecule has 1 aliphatic heterocycles. The third-order valence-corrected chi connectivity index (χ3v) is 6.93. The highest BCUT2D eigenvalue weighted by Crippen LogP contribution is 2.27. The van der Waals surface area contributed by atoms with Crippen LogP contribution in [-0.2, 0) is 14.8 Å². The van der Waals surface area contributed by atoms with E-state index < -0.39 is 14.9 Å². The van der Waals surface area contributed by atoms with Crippen molar-refractivity contribution in [3.8, 4) is 0 Å². The Kier molecular flexibility index (Phi) is 6.79. The Hall–Kier alpha value is -1.75. The van der Waals surface area contributed by atoms with E-state index >= 15 is 0 Å². The molecule has 2 aliphatic rings. The van der Waals surface area contributed by atoms with Crippen molar-refractivity contribution in [1.82, 2.24) is 9.21 Å². The predicted octanol–water partition coefficient (Wildman–Crippen LogP) is 0.977. The topological polar surface area (TPSA) is 127 Å². The summed E-state index contributed by atoms with van der Waals surface area (Å²) in [6, 6.07) is 5.09. The molecular formula is C16H23ClN4O5S. The molecule has 1 aliphatic carbocycles. The zero-order valence-corrected chi connectivity index (χ0v) is 16.3. The van der Waals surface area contributed by atoms with Gasteiger partial charge in [0.15, 0.2) is 0 Å². The van der Waals surface area contributed by atoms with Crippen LogP contribution in [0.2, 0.25) is 0 Å². The largest absolute Gasteiger partial charge is 0.340 e. The number of halogens is 1. The second kappa shape index (κ2) is 8.51. The first-order valence-corrected chi connectivity index (χ1v) is 10.0. The molecule has 1 aromatic rings. The number of amides is 1. The van der Waals surface area contributed by atoms with Crippen LogP contribution in [0.3, 0.4) is 0 Å². The first kappa shape index (κ1) is 21.5. The molecule has 27 heavy (non-hydrogen) atoms. The number of nitrogens with two attached hydrogens (primary N) is 1. The van der Waals surface area contributed by atoms with E-state index in [9.17, 15) is 23.3 Å². The van der Waals surface area contributed by atoms with Gasteiger partial charge < -0.3 is 10.6 Å². The molecule has 0 bridgehead atoms. The molecule has 2 atom stereocenters. The maximum atomic E-state index is 12.7. The number of nitro benzene ring substituents is 1. The molecule has 150 valence electrons. The summed E-state index contributed by atoms with van der Waals surface area (Å²) in [5, 5.41) is 10.9. The van der Waals surface area contributed by atoms with Gasteiger partial charge in [-0.05, 0) is 25.3 Å². The van der Waals surface area contributed by atoms with Gasteiger partial charge >= 0.3 is 0 Å². The number of hydrogen-bond acceptors (Lipinski definition) is 6. The molecule has 0 radical (unpaired) electrons. The third kappa shape index (κ3) is 4.57. The summed E-state index contributed by atoms with van der Waals surface area (Å²) >= 11 is 0. The molecule has 11 heteroatoms. The highest BCUT2D eigenvalue weighted by Gasteiger charge is 2.35. The molecular weight excluding hydrogens is 396 g/mol. The van der Waals surface area contributed by atoms with E-state index in [0.717, 1.165) is 18.9 Å². The molecule has 1 saturated carbocycles. The van der Waals surface area contributed by atoms with Gasteiger partial charge in [0.2, 0.25) is 15.9 Å². The minimum absolute atomic E-state index is 0. The second-order valence-corrected chi connectivity index (χ2v) is 8.69. The third-order valence-electron chi connectivity index (χ3n) is 5.04. The van der Waals surface area contributed by atoms with Crippen molar-refractivity contribution in [3.05, 3.63) is 34.4 Å². The summed E-state index contributed by atoms with van der Waals surface area (Å²) in [7, 11) is -3.82. The highest BCUT2D eigenvalue weighted by atomic mass is 35.5. The van der Waals surface area contributed by atoms with Gasteiger partial charge in [0.1, 0.15) is 0 Å². The molecule has 0 aromatic heterocycles. The Bertz CT molecular complexity index is 811. The van der Waals surface area contributed by atoms with Crippen LogP contribution in [0.15, 0.2) is 29.2 Å². The molecule has 1 heterocycles. The van der Waals surface area contributed by atoms with Crippen LogP contribution in [0.4, 0.5) is 5.69 Å². The summed E-state index contributed by atoms with van der Waals surface area (Å²) in [4.78, 5) is 24.4. The summed E-state index contributed by atoms with van der Waals surface area (Å²) < 4.78 is 26.7. The fourth-order valence-corrected chi connectivity index (χ4v) is 5.02. The fourth-order valence-electron chi connectivity index (χ4n) is 3.55. The summed E-state index contributed by atoms with van der Waals surface area (Å²) in [6.07, 6.45) is 2.31. The quantitative estimate of drug-likeness (QED) is 0.573. The van der Waals surface area contributed by atoms with Crippen LogP contribution < -0.4 is 5.73 Å². The average Bonchev–Trinajstić information content (AvgIpc) is 3.07. The van der Waals surface area contributed by atoms with Crippen molar-refractivity contribution >= 4 is 34.0 Å². The lowest BCUT2D eigenvalue weighted by Crippen LogP contribution is -2.51. The van der Waals surface area contributed by atoms with Crippen molar-refractivity contribution in [2.24, 2.45) is 11.7 Å².